The highest BCUT2D eigenvalue weighted by Gasteiger charge is 2.23. The van der Waals surface area contributed by atoms with E-state index < -0.39 is 5.25 Å². The lowest BCUT2D eigenvalue weighted by Crippen LogP contribution is -2.36. The van der Waals surface area contributed by atoms with Gasteiger partial charge in [0.1, 0.15) is 11.6 Å². The highest BCUT2D eigenvalue weighted by molar-refractivity contribution is 8.01. The number of carbonyl (C=O) groups is 2. The zero-order chi connectivity index (χ0) is 21.3. The Morgan fingerprint density at radius 2 is 1.77 bits per heavy atom. The zero-order valence-corrected chi connectivity index (χ0v) is 17.4. The van der Waals surface area contributed by atoms with Crippen LogP contribution in [-0.4, -0.2) is 27.7 Å². The van der Waals surface area contributed by atoms with Crippen LogP contribution in [0.3, 0.4) is 0 Å². The normalized spacial score (nSPS) is 11.7. The average molecular weight is 427 g/mol. The van der Waals surface area contributed by atoms with Crippen molar-refractivity contribution >= 4 is 29.3 Å². The van der Waals surface area contributed by atoms with Crippen LogP contribution in [0, 0.1) is 5.82 Å². The quantitative estimate of drug-likeness (QED) is 0.538. The summed E-state index contributed by atoms with van der Waals surface area (Å²) in [5, 5.41) is 2.29. The molecule has 1 heterocycles. The van der Waals surface area contributed by atoms with E-state index in [2.05, 4.69) is 5.32 Å². The number of anilines is 1. The Labute approximate surface area is 179 Å². The zero-order valence-electron chi connectivity index (χ0n) is 16.6. The molecule has 7 heteroatoms. The smallest absolute Gasteiger partial charge is 0.236 e. The van der Waals surface area contributed by atoms with E-state index >= 15 is 0 Å². The molecule has 1 aromatic heterocycles. The van der Waals surface area contributed by atoms with Crippen LogP contribution in [0.2, 0.25) is 0 Å². The Hall–Kier alpha value is -3.06. The first kappa shape index (κ1) is 21.6. The second-order valence-electron chi connectivity index (χ2n) is 6.77. The highest BCUT2D eigenvalue weighted by atomic mass is 32.2. The molecule has 1 N–H and O–H groups in total. The van der Waals surface area contributed by atoms with Crippen LogP contribution in [0.25, 0.3) is 0 Å². The molecule has 156 valence electrons. The monoisotopic (exact) mass is 426 g/mol. The molecule has 1 atom stereocenters. The minimum Gasteiger partial charge on any atom is -0.467 e. The van der Waals surface area contributed by atoms with E-state index in [4.69, 9.17) is 4.42 Å². The van der Waals surface area contributed by atoms with Crippen LogP contribution < -0.4 is 5.32 Å². The van der Waals surface area contributed by atoms with Gasteiger partial charge in [-0.25, -0.2) is 4.39 Å². The molecule has 0 aliphatic rings. The van der Waals surface area contributed by atoms with Crippen molar-refractivity contribution in [3.8, 4) is 0 Å². The Morgan fingerprint density at radius 1 is 1.03 bits per heavy atom. The fourth-order valence-electron chi connectivity index (χ4n) is 2.87. The van der Waals surface area contributed by atoms with E-state index in [-0.39, 0.29) is 23.4 Å². The van der Waals surface area contributed by atoms with Crippen molar-refractivity contribution in [1.29, 1.82) is 0 Å². The number of halogens is 1. The first-order chi connectivity index (χ1) is 14.5. The first-order valence-corrected chi connectivity index (χ1v) is 10.6. The fourth-order valence-corrected chi connectivity index (χ4v) is 3.63. The van der Waals surface area contributed by atoms with Crippen molar-refractivity contribution in [2.24, 2.45) is 0 Å². The summed E-state index contributed by atoms with van der Waals surface area (Å²) >= 11 is 1.26. The molecule has 2 amide bonds. The Morgan fingerprint density at radius 3 is 2.43 bits per heavy atom. The van der Waals surface area contributed by atoms with Crippen LogP contribution in [0.5, 0.6) is 0 Å². The van der Waals surface area contributed by atoms with E-state index in [0.717, 1.165) is 5.56 Å². The van der Waals surface area contributed by atoms with Crippen LogP contribution >= 0.6 is 11.8 Å². The van der Waals surface area contributed by atoms with Gasteiger partial charge >= 0.3 is 0 Å². The second kappa shape index (κ2) is 10.6. The second-order valence-corrected chi connectivity index (χ2v) is 8.10. The number of nitrogens with zero attached hydrogens (tertiary/aromatic N) is 1. The molecule has 0 saturated carbocycles. The van der Waals surface area contributed by atoms with E-state index in [1.54, 1.807) is 24.2 Å². The summed E-state index contributed by atoms with van der Waals surface area (Å²) in [6, 6.07) is 18.9. The lowest BCUT2D eigenvalue weighted by atomic mass is 10.2. The van der Waals surface area contributed by atoms with Gasteiger partial charge in [-0.2, -0.15) is 0 Å². The molecule has 5 nitrogen and oxygen atoms in total. The van der Waals surface area contributed by atoms with Crippen molar-refractivity contribution in [2.75, 3.05) is 11.1 Å². The van der Waals surface area contributed by atoms with Gasteiger partial charge in [-0.05, 0) is 48.9 Å². The number of rotatable bonds is 9. The number of thioether (sulfide) groups is 1. The van der Waals surface area contributed by atoms with E-state index in [0.29, 0.717) is 24.5 Å². The van der Waals surface area contributed by atoms with Gasteiger partial charge in [0.25, 0.3) is 0 Å². The van der Waals surface area contributed by atoms with Crippen LogP contribution in [0.4, 0.5) is 10.1 Å². The minimum atomic E-state index is -0.414. The topological polar surface area (TPSA) is 62.6 Å². The molecule has 0 aliphatic heterocycles. The number of carbonyl (C=O) groups excluding carboxylic acids is 2. The van der Waals surface area contributed by atoms with Gasteiger partial charge in [-0.3, -0.25) is 9.59 Å². The molecular weight excluding hydrogens is 403 g/mol. The third-order valence-electron chi connectivity index (χ3n) is 4.39. The van der Waals surface area contributed by atoms with Gasteiger partial charge in [-0.1, -0.05) is 30.3 Å². The molecule has 0 aliphatic carbocycles. The van der Waals surface area contributed by atoms with Crippen LogP contribution in [0.1, 0.15) is 18.2 Å². The molecule has 0 bridgehead atoms. The number of benzene rings is 2. The SMILES string of the molecule is CC(SCC(=O)Nc1ccc(F)cc1)C(=O)N(Cc1ccccc1)Cc1ccco1. The number of furan rings is 1. The Balaban J connectivity index is 1.58. The van der Waals surface area contributed by atoms with Gasteiger partial charge in [0.2, 0.25) is 11.8 Å². The van der Waals surface area contributed by atoms with Gasteiger partial charge in [0.05, 0.1) is 23.8 Å². The largest absolute Gasteiger partial charge is 0.467 e. The first-order valence-electron chi connectivity index (χ1n) is 9.53. The molecule has 3 aromatic rings. The lowest BCUT2D eigenvalue weighted by molar-refractivity contribution is -0.131. The summed E-state index contributed by atoms with van der Waals surface area (Å²) in [4.78, 5) is 27.0. The fraction of sp³-hybridized carbons (Fsp3) is 0.217. The predicted octanol–water partition coefficient (Wildman–Crippen LogP) is 4.71. The van der Waals surface area contributed by atoms with E-state index in [9.17, 15) is 14.0 Å². The van der Waals surface area contributed by atoms with Gasteiger partial charge < -0.3 is 14.6 Å². The minimum absolute atomic E-state index is 0.0742. The maximum Gasteiger partial charge on any atom is 0.236 e. The number of amides is 2. The maximum absolute atomic E-state index is 13.1. The summed E-state index contributed by atoms with van der Waals surface area (Å²) in [5.41, 5.74) is 1.54. The summed E-state index contributed by atoms with van der Waals surface area (Å²) in [5.74, 6) is 0.133. The number of hydrogen-bond donors (Lipinski definition) is 1. The standard InChI is InChI=1S/C23H23FN2O3S/c1-17(30-16-22(27)25-20-11-9-19(24)10-12-20)23(28)26(15-21-8-5-13-29-21)14-18-6-3-2-4-7-18/h2-13,17H,14-16H2,1H3,(H,25,27). The lowest BCUT2D eigenvalue weighted by Gasteiger charge is -2.25. The van der Waals surface area contributed by atoms with Crippen molar-refractivity contribution in [2.45, 2.75) is 25.3 Å². The van der Waals surface area contributed by atoms with E-state index in [1.807, 2.05) is 36.4 Å². The molecule has 2 aromatic carbocycles. The van der Waals surface area contributed by atoms with Crippen molar-refractivity contribution in [3.63, 3.8) is 0 Å². The van der Waals surface area contributed by atoms with Gasteiger partial charge in [0.15, 0.2) is 0 Å². The third kappa shape index (κ3) is 6.49. The molecule has 1 unspecified atom stereocenters. The van der Waals surface area contributed by atoms with Crippen molar-refractivity contribution in [3.05, 3.63) is 90.1 Å². The molecule has 30 heavy (non-hydrogen) atoms. The summed E-state index contributed by atoms with van der Waals surface area (Å²) < 4.78 is 18.4. The Bertz CT molecular complexity index is 946. The molecule has 0 spiro atoms. The highest BCUT2D eigenvalue weighted by Crippen LogP contribution is 2.19. The summed E-state index contributed by atoms with van der Waals surface area (Å²) in [6.45, 7) is 2.60. The number of hydrogen-bond acceptors (Lipinski definition) is 4. The molecule has 3 rings (SSSR count). The molecule has 0 radical (unpaired) electrons. The van der Waals surface area contributed by atoms with Crippen LogP contribution in [-0.2, 0) is 22.7 Å². The van der Waals surface area contributed by atoms with Crippen molar-refractivity contribution in [1.82, 2.24) is 4.90 Å². The summed E-state index contributed by atoms with van der Waals surface area (Å²) in [6.07, 6.45) is 1.58. The molecular formula is C23H23FN2O3S. The molecule has 0 fully saturated rings. The number of nitrogens with one attached hydrogen (secondary N) is 1. The average Bonchev–Trinajstić information content (AvgIpc) is 3.26. The van der Waals surface area contributed by atoms with Gasteiger partial charge in [0, 0.05) is 12.2 Å². The predicted molar refractivity (Wildman–Crippen MR) is 116 cm³/mol. The molecule has 0 saturated heterocycles. The van der Waals surface area contributed by atoms with E-state index in [1.165, 1.54) is 36.0 Å². The summed E-state index contributed by atoms with van der Waals surface area (Å²) in [7, 11) is 0. The van der Waals surface area contributed by atoms with Gasteiger partial charge in [-0.15, -0.1) is 11.8 Å². The Kier molecular flexibility index (Phi) is 7.68. The third-order valence-corrected chi connectivity index (χ3v) is 5.53. The van der Waals surface area contributed by atoms with Crippen LogP contribution in [0.15, 0.2) is 77.4 Å². The van der Waals surface area contributed by atoms with Crippen molar-refractivity contribution < 1.29 is 18.4 Å². The maximum atomic E-state index is 13.1.